The Morgan fingerprint density at radius 1 is 0.431 bits per heavy atom. The number of hydrogen-bond acceptors (Lipinski definition) is 3. The standard InChI is InChI=1S/C54H89NO3/c1-3-5-7-9-11-13-15-16-17-18-19-20-21-22-23-24-25-26-27-28-29-30-31-32-33-34-35-36-37-38-40-42-44-46-48-50-54(58)55-52(51-56)53(57)49-47-45-43-41-39-14-12-10-8-6-4-2/h5,7,11,13,16-17,19-20,22-23,25-26,28-29,31-32,34-35,47,49,52-53,56-57H,3-4,6,8-10,12,14-15,18,21,24,27,30,33,36-46,48,50-51H2,1-2H3,(H,55,58)/b7-5-,13-11-,17-16-,20-19-,23-22-,26-25-,29-28-,32-31-,35-34-,49-47+. The summed E-state index contributed by atoms with van der Waals surface area (Å²) < 4.78 is 0. The van der Waals surface area contributed by atoms with Crippen LogP contribution in [0.4, 0.5) is 0 Å². The molecule has 0 aromatic heterocycles. The third kappa shape index (κ3) is 43.9. The van der Waals surface area contributed by atoms with Crippen molar-refractivity contribution in [2.45, 2.75) is 206 Å². The van der Waals surface area contributed by atoms with Crippen molar-refractivity contribution in [3.8, 4) is 0 Å². The smallest absolute Gasteiger partial charge is 0.220 e. The molecular formula is C54H89NO3. The van der Waals surface area contributed by atoms with Gasteiger partial charge in [-0.15, -0.1) is 0 Å². The Morgan fingerprint density at radius 3 is 1.14 bits per heavy atom. The predicted molar refractivity (Wildman–Crippen MR) is 257 cm³/mol. The maximum absolute atomic E-state index is 12.4. The summed E-state index contributed by atoms with van der Waals surface area (Å²) in [7, 11) is 0. The first-order chi connectivity index (χ1) is 28.7. The van der Waals surface area contributed by atoms with Gasteiger partial charge in [0.05, 0.1) is 18.8 Å². The summed E-state index contributed by atoms with van der Waals surface area (Å²) in [5.74, 6) is -0.0830. The van der Waals surface area contributed by atoms with E-state index in [1.165, 1.54) is 77.0 Å². The fraction of sp³-hybridized carbons (Fsp3) is 0.611. The molecule has 0 aromatic rings. The van der Waals surface area contributed by atoms with E-state index in [0.29, 0.717) is 6.42 Å². The highest BCUT2D eigenvalue weighted by molar-refractivity contribution is 5.76. The Balaban J connectivity index is 3.66. The van der Waals surface area contributed by atoms with Crippen LogP contribution in [-0.4, -0.2) is 34.9 Å². The first-order valence-electron chi connectivity index (χ1n) is 23.7. The maximum atomic E-state index is 12.4. The second kappa shape index (κ2) is 48.2. The normalized spacial score (nSPS) is 14.1. The zero-order chi connectivity index (χ0) is 42.1. The van der Waals surface area contributed by atoms with Gasteiger partial charge in [0.2, 0.25) is 5.91 Å². The zero-order valence-corrected chi connectivity index (χ0v) is 37.5. The Morgan fingerprint density at radius 2 is 0.759 bits per heavy atom. The molecule has 0 fully saturated rings. The van der Waals surface area contributed by atoms with Crippen LogP contribution in [0.1, 0.15) is 194 Å². The maximum Gasteiger partial charge on any atom is 0.220 e. The molecule has 328 valence electrons. The Labute approximate surface area is 358 Å². The molecule has 0 aliphatic heterocycles. The molecule has 0 aromatic carbocycles. The molecule has 4 nitrogen and oxygen atoms in total. The molecule has 0 saturated carbocycles. The predicted octanol–water partition coefficient (Wildman–Crippen LogP) is 15.3. The van der Waals surface area contributed by atoms with Crippen molar-refractivity contribution in [2.24, 2.45) is 0 Å². The third-order valence-corrected chi connectivity index (χ3v) is 9.95. The molecular weight excluding hydrogens is 711 g/mol. The number of carbonyl (C=O) groups is 1. The van der Waals surface area contributed by atoms with Gasteiger partial charge in [-0.05, 0) is 89.9 Å². The van der Waals surface area contributed by atoms with E-state index in [9.17, 15) is 15.0 Å². The number of amides is 1. The molecule has 0 heterocycles. The average Bonchev–Trinajstić information content (AvgIpc) is 3.23. The minimum Gasteiger partial charge on any atom is -0.394 e. The van der Waals surface area contributed by atoms with Crippen molar-refractivity contribution in [2.75, 3.05) is 6.61 Å². The van der Waals surface area contributed by atoms with Gasteiger partial charge < -0.3 is 15.5 Å². The molecule has 2 unspecified atom stereocenters. The largest absolute Gasteiger partial charge is 0.394 e. The Bertz CT molecular complexity index is 1180. The number of nitrogens with one attached hydrogen (secondary N) is 1. The zero-order valence-electron chi connectivity index (χ0n) is 37.5. The molecule has 3 N–H and O–H groups in total. The van der Waals surface area contributed by atoms with E-state index in [-0.39, 0.29) is 12.5 Å². The molecule has 0 aliphatic carbocycles. The highest BCUT2D eigenvalue weighted by Crippen LogP contribution is 2.12. The average molecular weight is 800 g/mol. The summed E-state index contributed by atoms with van der Waals surface area (Å²) in [6.07, 6.45) is 74.6. The highest BCUT2D eigenvalue weighted by Gasteiger charge is 2.17. The van der Waals surface area contributed by atoms with Gasteiger partial charge in [0.15, 0.2) is 0 Å². The summed E-state index contributed by atoms with van der Waals surface area (Å²) in [4.78, 5) is 12.4. The van der Waals surface area contributed by atoms with Crippen LogP contribution in [0.15, 0.2) is 122 Å². The van der Waals surface area contributed by atoms with Gasteiger partial charge in [-0.2, -0.15) is 0 Å². The van der Waals surface area contributed by atoms with Gasteiger partial charge in [-0.3, -0.25) is 4.79 Å². The lowest BCUT2D eigenvalue weighted by atomic mass is 10.1. The van der Waals surface area contributed by atoms with E-state index >= 15 is 0 Å². The number of allylic oxidation sites excluding steroid dienone is 19. The SMILES string of the molecule is CC/C=C\C/C=C\C/C=C\C/C=C\C/C=C\C/C=C\C/C=C\C/C=C\C/C=C\CCCCCCCCCC(=O)NC(CO)C(O)/C=C/CCCCCCCCCCC. The summed E-state index contributed by atoms with van der Waals surface area (Å²) in [5, 5.41) is 22.9. The quantitative estimate of drug-likeness (QED) is 0.0426. The highest BCUT2D eigenvalue weighted by atomic mass is 16.3. The van der Waals surface area contributed by atoms with Gasteiger partial charge in [0, 0.05) is 6.42 Å². The van der Waals surface area contributed by atoms with Gasteiger partial charge in [0.1, 0.15) is 0 Å². The van der Waals surface area contributed by atoms with Gasteiger partial charge in [-0.1, -0.05) is 219 Å². The third-order valence-electron chi connectivity index (χ3n) is 9.95. The number of unbranched alkanes of at least 4 members (excludes halogenated alkanes) is 16. The molecule has 0 bridgehead atoms. The Hall–Kier alpha value is -3.21. The summed E-state index contributed by atoms with van der Waals surface area (Å²) in [6, 6.07) is -0.635. The van der Waals surface area contributed by atoms with Gasteiger partial charge >= 0.3 is 0 Å². The van der Waals surface area contributed by atoms with Crippen LogP contribution in [0, 0.1) is 0 Å². The molecule has 2 atom stereocenters. The fourth-order valence-electron chi connectivity index (χ4n) is 6.34. The summed E-state index contributed by atoms with van der Waals surface area (Å²) >= 11 is 0. The van der Waals surface area contributed by atoms with E-state index in [1.54, 1.807) is 6.08 Å². The van der Waals surface area contributed by atoms with Crippen LogP contribution in [0.2, 0.25) is 0 Å². The second-order valence-corrected chi connectivity index (χ2v) is 15.4. The van der Waals surface area contributed by atoms with Crippen molar-refractivity contribution in [1.82, 2.24) is 5.32 Å². The van der Waals surface area contributed by atoms with E-state index in [2.05, 4.69) is 129 Å². The van der Waals surface area contributed by atoms with E-state index < -0.39 is 12.1 Å². The second-order valence-electron chi connectivity index (χ2n) is 15.4. The fourth-order valence-corrected chi connectivity index (χ4v) is 6.34. The Kier molecular flexibility index (Phi) is 45.5. The van der Waals surface area contributed by atoms with Crippen LogP contribution < -0.4 is 5.32 Å². The van der Waals surface area contributed by atoms with Crippen molar-refractivity contribution in [3.05, 3.63) is 122 Å². The van der Waals surface area contributed by atoms with Crippen molar-refractivity contribution < 1.29 is 15.0 Å². The van der Waals surface area contributed by atoms with Crippen LogP contribution in [-0.2, 0) is 4.79 Å². The molecule has 58 heavy (non-hydrogen) atoms. The lowest BCUT2D eigenvalue weighted by Gasteiger charge is -2.20. The molecule has 4 heteroatoms. The van der Waals surface area contributed by atoms with Crippen LogP contribution in [0.5, 0.6) is 0 Å². The van der Waals surface area contributed by atoms with E-state index in [1.807, 2.05) is 6.08 Å². The molecule has 0 saturated heterocycles. The van der Waals surface area contributed by atoms with E-state index in [4.69, 9.17) is 0 Å². The molecule has 0 aliphatic rings. The van der Waals surface area contributed by atoms with Crippen LogP contribution in [0.3, 0.4) is 0 Å². The number of carbonyl (C=O) groups excluding carboxylic acids is 1. The lowest BCUT2D eigenvalue weighted by molar-refractivity contribution is -0.123. The molecule has 0 spiro atoms. The van der Waals surface area contributed by atoms with Crippen molar-refractivity contribution in [3.63, 3.8) is 0 Å². The van der Waals surface area contributed by atoms with Crippen LogP contribution in [0.25, 0.3) is 0 Å². The topological polar surface area (TPSA) is 69.6 Å². The first kappa shape index (κ1) is 54.8. The number of hydrogen-bond donors (Lipinski definition) is 3. The first-order valence-corrected chi connectivity index (χ1v) is 23.7. The summed E-state index contributed by atoms with van der Waals surface area (Å²) in [6.45, 7) is 4.16. The lowest BCUT2D eigenvalue weighted by Crippen LogP contribution is -2.45. The molecule has 0 radical (unpaired) electrons. The summed E-state index contributed by atoms with van der Waals surface area (Å²) in [5.41, 5.74) is 0. The van der Waals surface area contributed by atoms with Crippen LogP contribution >= 0.6 is 0 Å². The minimum atomic E-state index is -0.850. The minimum absolute atomic E-state index is 0.0830. The van der Waals surface area contributed by atoms with Gasteiger partial charge in [-0.25, -0.2) is 0 Å². The van der Waals surface area contributed by atoms with E-state index in [0.717, 1.165) is 96.3 Å². The number of rotatable bonds is 41. The van der Waals surface area contributed by atoms with Gasteiger partial charge in [0.25, 0.3) is 0 Å². The van der Waals surface area contributed by atoms with Crippen molar-refractivity contribution in [1.29, 1.82) is 0 Å². The monoisotopic (exact) mass is 800 g/mol. The molecule has 1 amide bonds. The molecule has 0 rings (SSSR count). The van der Waals surface area contributed by atoms with Crippen molar-refractivity contribution >= 4 is 5.91 Å². The number of aliphatic hydroxyl groups excluding tert-OH is 2. The number of aliphatic hydroxyl groups is 2.